The van der Waals surface area contributed by atoms with Gasteiger partial charge in [-0.05, 0) is 19.1 Å². The first-order valence-corrected chi connectivity index (χ1v) is 8.84. The van der Waals surface area contributed by atoms with Crippen LogP contribution in [0.1, 0.15) is 34.4 Å². The van der Waals surface area contributed by atoms with Crippen LogP contribution in [0.5, 0.6) is 11.5 Å². The van der Waals surface area contributed by atoms with Gasteiger partial charge in [0.25, 0.3) is 5.91 Å². The van der Waals surface area contributed by atoms with E-state index in [0.29, 0.717) is 17.4 Å². The average molecular weight is 373 g/mol. The van der Waals surface area contributed by atoms with Crippen LogP contribution in [0.15, 0.2) is 46.5 Å². The van der Waals surface area contributed by atoms with Gasteiger partial charge < -0.3 is 18.8 Å². The molecule has 1 aromatic carbocycles. The van der Waals surface area contributed by atoms with Gasteiger partial charge in [-0.15, -0.1) is 11.3 Å². The zero-order valence-corrected chi connectivity index (χ0v) is 15.5. The zero-order valence-electron chi connectivity index (χ0n) is 14.7. The van der Waals surface area contributed by atoms with Crippen LogP contribution in [0, 0.1) is 0 Å². The molecule has 0 N–H and O–H groups in total. The molecule has 2 aromatic heterocycles. The minimum Gasteiger partial charge on any atom is -0.497 e. The number of benzene rings is 1. The van der Waals surface area contributed by atoms with Gasteiger partial charge in [0.05, 0.1) is 13.2 Å². The van der Waals surface area contributed by atoms with Crippen molar-refractivity contribution in [2.75, 3.05) is 14.2 Å². The third-order valence-corrected chi connectivity index (χ3v) is 4.83. The fourth-order valence-electron chi connectivity index (χ4n) is 2.27. The number of carbonyl (C=O) groups excluding carboxylic acids is 1. The number of methoxy groups -OCH3 is 1. The Morgan fingerprint density at radius 1 is 1.38 bits per heavy atom. The summed E-state index contributed by atoms with van der Waals surface area (Å²) in [5, 5.41) is 2.75. The van der Waals surface area contributed by atoms with Gasteiger partial charge in [0.15, 0.2) is 12.3 Å². The molecule has 2 heterocycles. The summed E-state index contributed by atoms with van der Waals surface area (Å²) in [6.45, 7) is 2.04. The lowest BCUT2D eigenvalue weighted by Crippen LogP contribution is -2.29. The Morgan fingerprint density at radius 3 is 2.92 bits per heavy atom. The molecular weight excluding hydrogens is 354 g/mol. The number of aromatic nitrogens is 2. The summed E-state index contributed by atoms with van der Waals surface area (Å²) in [6.07, 6.45) is 3.07. The van der Waals surface area contributed by atoms with Crippen molar-refractivity contribution >= 4 is 17.2 Å². The highest BCUT2D eigenvalue weighted by Crippen LogP contribution is 2.23. The van der Waals surface area contributed by atoms with Crippen LogP contribution in [-0.4, -0.2) is 34.9 Å². The highest BCUT2D eigenvalue weighted by molar-refractivity contribution is 7.09. The number of hydrogen-bond acceptors (Lipinski definition) is 7. The zero-order chi connectivity index (χ0) is 18.5. The van der Waals surface area contributed by atoms with Crippen LogP contribution in [0.3, 0.4) is 0 Å². The van der Waals surface area contributed by atoms with Gasteiger partial charge in [0.2, 0.25) is 5.89 Å². The molecule has 0 saturated heterocycles. The number of oxazole rings is 1. The molecular formula is C18H19N3O4S. The van der Waals surface area contributed by atoms with Crippen molar-refractivity contribution in [3.8, 4) is 11.5 Å². The molecule has 7 nitrogen and oxygen atoms in total. The van der Waals surface area contributed by atoms with Gasteiger partial charge in [0.1, 0.15) is 22.8 Å². The van der Waals surface area contributed by atoms with Crippen LogP contribution in [0.25, 0.3) is 0 Å². The van der Waals surface area contributed by atoms with Gasteiger partial charge in [-0.2, -0.15) is 0 Å². The largest absolute Gasteiger partial charge is 0.497 e. The molecule has 0 saturated carbocycles. The second kappa shape index (κ2) is 8.01. The van der Waals surface area contributed by atoms with E-state index in [4.69, 9.17) is 13.9 Å². The molecule has 8 heteroatoms. The lowest BCUT2D eigenvalue weighted by atomic mass is 10.3. The lowest BCUT2D eigenvalue weighted by molar-refractivity contribution is 0.0736. The average Bonchev–Trinajstić information content (AvgIpc) is 3.36. The van der Waals surface area contributed by atoms with Gasteiger partial charge >= 0.3 is 0 Å². The molecule has 0 bridgehead atoms. The quantitative estimate of drug-likeness (QED) is 0.630. The molecule has 136 valence electrons. The van der Waals surface area contributed by atoms with Crippen molar-refractivity contribution in [1.29, 1.82) is 0 Å². The molecule has 0 fully saturated rings. The van der Waals surface area contributed by atoms with Crippen molar-refractivity contribution in [2.45, 2.75) is 19.6 Å². The lowest BCUT2D eigenvalue weighted by Gasteiger charge is -2.21. The number of ether oxygens (including phenoxy) is 2. The van der Waals surface area contributed by atoms with E-state index in [2.05, 4.69) is 9.97 Å². The molecule has 0 radical (unpaired) electrons. The Hall–Kier alpha value is -2.87. The van der Waals surface area contributed by atoms with E-state index in [1.165, 1.54) is 17.6 Å². The Kier molecular flexibility index (Phi) is 5.52. The SMILES string of the molecule is COc1cccc(OCc2nc(C(=O)N(C)C(C)c3nccs3)co2)c1. The van der Waals surface area contributed by atoms with Gasteiger partial charge in [-0.3, -0.25) is 4.79 Å². The van der Waals surface area contributed by atoms with Crippen LogP contribution in [0.4, 0.5) is 0 Å². The van der Waals surface area contributed by atoms with Crippen LogP contribution in [-0.2, 0) is 6.61 Å². The predicted octanol–water partition coefficient (Wildman–Crippen LogP) is 3.55. The molecule has 1 unspecified atom stereocenters. The summed E-state index contributed by atoms with van der Waals surface area (Å²) in [5.41, 5.74) is 0.236. The highest BCUT2D eigenvalue weighted by atomic mass is 32.1. The van der Waals surface area contributed by atoms with Crippen molar-refractivity contribution < 1.29 is 18.7 Å². The summed E-state index contributed by atoms with van der Waals surface area (Å²) in [5.74, 6) is 1.42. The van der Waals surface area contributed by atoms with E-state index in [9.17, 15) is 4.79 Å². The van der Waals surface area contributed by atoms with Crippen molar-refractivity contribution in [1.82, 2.24) is 14.9 Å². The monoisotopic (exact) mass is 373 g/mol. The summed E-state index contributed by atoms with van der Waals surface area (Å²) < 4.78 is 16.1. The topological polar surface area (TPSA) is 77.7 Å². The summed E-state index contributed by atoms with van der Waals surface area (Å²) >= 11 is 1.51. The first-order chi connectivity index (χ1) is 12.6. The molecule has 26 heavy (non-hydrogen) atoms. The number of nitrogens with zero attached hydrogens (tertiary/aromatic N) is 3. The van der Waals surface area contributed by atoms with E-state index in [-0.39, 0.29) is 24.2 Å². The Morgan fingerprint density at radius 2 is 2.19 bits per heavy atom. The molecule has 0 aliphatic heterocycles. The maximum Gasteiger partial charge on any atom is 0.276 e. The first kappa shape index (κ1) is 17.9. The Labute approximate surface area is 155 Å². The van der Waals surface area contributed by atoms with E-state index in [0.717, 1.165) is 5.01 Å². The highest BCUT2D eigenvalue weighted by Gasteiger charge is 2.23. The molecule has 0 spiro atoms. The second-order valence-corrected chi connectivity index (χ2v) is 6.48. The third kappa shape index (κ3) is 4.02. The summed E-state index contributed by atoms with van der Waals surface area (Å²) in [7, 11) is 3.31. The van der Waals surface area contributed by atoms with Crippen LogP contribution >= 0.6 is 11.3 Å². The number of rotatable bonds is 7. The van der Waals surface area contributed by atoms with Gasteiger partial charge in [-0.1, -0.05) is 6.07 Å². The minimum atomic E-state index is -0.232. The van der Waals surface area contributed by atoms with E-state index < -0.39 is 0 Å². The fraction of sp³-hybridized carbons (Fsp3) is 0.278. The normalized spacial score (nSPS) is 11.8. The van der Waals surface area contributed by atoms with Crippen molar-refractivity contribution in [3.63, 3.8) is 0 Å². The maximum absolute atomic E-state index is 12.6. The molecule has 1 amide bonds. The first-order valence-electron chi connectivity index (χ1n) is 7.96. The van der Waals surface area contributed by atoms with Crippen LogP contribution in [0.2, 0.25) is 0 Å². The summed E-state index contributed by atoms with van der Waals surface area (Å²) in [6, 6.07) is 7.08. The Bertz CT molecular complexity index is 863. The smallest absolute Gasteiger partial charge is 0.276 e. The number of thiazole rings is 1. The summed E-state index contributed by atoms with van der Waals surface area (Å²) in [4.78, 5) is 22.6. The molecule has 1 atom stereocenters. The van der Waals surface area contributed by atoms with E-state index in [1.807, 2.05) is 24.4 Å². The Balaban J connectivity index is 1.62. The molecule has 3 rings (SSSR count). The van der Waals surface area contributed by atoms with E-state index >= 15 is 0 Å². The van der Waals surface area contributed by atoms with E-state index in [1.54, 1.807) is 37.4 Å². The number of carbonyl (C=O) groups is 1. The van der Waals surface area contributed by atoms with Gasteiger partial charge in [-0.25, -0.2) is 9.97 Å². The predicted molar refractivity (Wildman–Crippen MR) is 96.5 cm³/mol. The maximum atomic E-state index is 12.6. The second-order valence-electron chi connectivity index (χ2n) is 5.56. The van der Waals surface area contributed by atoms with Crippen molar-refractivity contribution in [2.24, 2.45) is 0 Å². The third-order valence-electron chi connectivity index (χ3n) is 3.88. The fourth-order valence-corrected chi connectivity index (χ4v) is 3.01. The number of hydrogen-bond donors (Lipinski definition) is 0. The van der Waals surface area contributed by atoms with Crippen LogP contribution < -0.4 is 9.47 Å². The van der Waals surface area contributed by atoms with Gasteiger partial charge in [0, 0.05) is 24.7 Å². The van der Waals surface area contributed by atoms with Crippen molar-refractivity contribution in [3.05, 3.63) is 58.7 Å². The molecule has 0 aliphatic carbocycles. The standard InChI is InChI=1S/C18H19N3O4S/c1-12(17-19-7-8-26-17)21(2)18(22)15-10-25-16(20-15)11-24-14-6-4-5-13(9-14)23-3/h4-10,12H,11H2,1-3H3. The molecule has 3 aromatic rings. The number of amides is 1. The molecule has 0 aliphatic rings. The minimum absolute atomic E-state index is 0.117.